The van der Waals surface area contributed by atoms with E-state index in [0.29, 0.717) is 5.92 Å². The van der Waals surface area contributed by atoms with Gasteiger partial charge in [-0.1, -0.05) is 110 Å². The molecule has 0 heteroatoms. The molecule has 0 N–H and O–H groups in total. The average Bonchev–Trinajstić information content (AvgIpc) is 2.61. The second kappa shape index (κ2) is 14.4. The highest BCUT2D eigenvalue weighted by Gasteiger charge is 2.11. The highest BCUT2D eigenvalue weighted by molar-refractivity contribution is 5.37. The third-order valence-corrected chi connectivity index (χ3v) is 5.51. The smallest absolute Gasteiger partial charge is 0.0216 e. The summed E-state index contributed by atoms with van der Waals surface area (Å²) < 4.78 is 0. The van der Waals surface area contributed by atoms with Crippen molar-refractivity contribution >= 4 is 0 Å². The molecule has 0 saturated carbocycles. The van der Waals surface area contributed by atoms with Gasteiger partial charge >= 0.3 is 0 Å². The molecule has 1 aromatic carbocycles. The van der Waals surface area contributed by atoms with Crippen molar-refractivity contribution in [1.29, 1.82) is 0 Å². The summed E-state index contributed by atoms with van der Waals surface area (Å²) in [5, 5.41) is 0. The van der Waals surface area contributed by atoms with Crippen LogP contribution in [0.4, 0.5) is 0 Å². The highest BCUT2D eigenvalue weighted by atomic mass is 14.2. The van der Waals surface area contributed by atoms with Gasteiger partial charge in [0.25, 0.3) is 0 Å². The van der Waals surface area contributed by atoms with E-state index in [4.69, 9.17) is 0 Å². The van der Waals surface area contributed by atoms with E-state index in [9.17, 15) is 0 Å². The molecular weight excluding hydrogens is 300 g/mol. The second-order valence-corrected chi connectivity index (χ2v) is 8.18. The molecule has 1 rings (SSSR count). The molecule has 0 spiro atoms. The van der Waals surface area contributed by atoms with Gasteiger partial charge in [-0.15, -0.1) is 0 Å². The highest BCUT2D eigenvalue weighted by Crippen LogP contribution is 2.26. The van der Waals surface area contributed by atoms with Crippen molar-refractivity contribution in [2.45, 2.75) is 124 Å². The number of benzene rings is 1. The van der Waals surface area contributed by atoms with E-state index in [1.807, 2.05) is 0 Å². The Morgan fingerprint density at radius 2 is 1.16 bits per heavy atom. The molecular formula is C25H44. The number of hydrogen-bond donors (Lipinski definition) is 0. The summed E-state index contributed by atoms with van der Waals surface area (Å²) in [5.41, 5.74) is 4.95. The van der Waals surface area contributed by atoms with Crippen LogP contribution in [0.25, 0.3) is 0 Å². The van der Waals surface area contributed by atoms with E-state index in [1.54, 1.807) is 16.7 Å². The molecule has 0 aliphatic heterocycles. The van der Waals surface area contributed by atoms with Crippen LogP contribution in [-0.2, 0) is 12.8 Å². The van der Waals surface area contributed by atoms with Gasteiger partial charge in [0.2, 0.25) is 0 Å². The molecule has 0 fully saturated rings. The normalized spacial score (nSPS) is 11.4. The number of aryl methyl sites for hydroxylation is 1. The molecule has 0 radical (unpaired) electrons. The fraction of sp³-hybridized carbons (Fsp3) is 0.760. The monoisotopic (exact) mass is 344 g/mol. The average molecular weight is 345 g/mol. The van der Waals surface area contributed by atoms with Crippen molar-refractivity contribution in [2.75, 3.05) is 0 Å². The van der Waals surface area contributed by atoms with Gasteiger partial charge in [-0.25, -0.2) is 0 Å². The van der Waals surface area contributed by atoms with Gasteiger partial charge in [0, 0.05) is 0 Å². The number of unbranched alkanes of at least 4 members (excludes halogenated alkanes) is 10. The van der Waals surface area contributed by atoms with Gasteiger partial charge in [0.15, 0.2) is 0 Å². The van der Waals surface area contributed by atoms with Gasteiger partial charge in [-0.05, 0) is 48.3 Å². The van der Waals surface area contributed by atoms with Crippen LogP contribution < -0.4 is 0 Å². The first-order valence-corrected chi connectivity index (χ1v) is 11.3. The largest absolute Gasteiger partial charge is 0.0654 e. The summed E-state index contributed by atoms with van der Waals surface area (Å²) in [6.07, 6.45) is 19.4. The summed E-state index contributed by atoms with van der Waals surface area (Å²) in [4.78, 5) is 0. The summed E-state index contributed by atoms with van der Waals surface area (Å²) in [6.45, 7) is 9.31. The van der Waals surface area contributed by atoms with Gasteiger partial charge in [0.1, 0.15) is 0 Å². The van der Waals surface area contributed by atoms with E-state index < -0.39 is 0 Å². The first-order chi connectivity index (χ1) is 12.2. The van der Waals surface area contributed by atoms with Crippen molar-refractivity contribution in [2.24, 2.45) is 0 Å². The van der Waals surface area contributed by atoms with Crippen molar-refractivity contribution in [3.05, 3.63) is 34.9 Å². The number of rotatable bonds is 15. The van der Waals surface area contributed by atoms with E-state index in [2.05, 4.69) is 45.9 Å². The molecule has 0 aromatic heterocycles. The minimum absolute atomic E-state index is 0.652. The Balaban J connectivity index is 2.47. The molecule has 25 heavy (non-hydrogen) atoms. The fourth-order valence-corrected chi connectivity index (χ4v) is 3.91. The quantitative estimate of drug-likeness (QED) is 0.279. The minimum atomic E-state index is 0.652. The fourth-order valence-electron chi connectivity index (χ4n) is 3.91. The van der Waals surface area contributed by atoms with Gasteiger partial charge in [-0.3, -0.25) is 0 Å². The molecule has 0 bridgehead atoms. The predicted molar refractivity (Wildman–Crippen MR) is 115 cm³/mol. The lowest BCUT2D eigenvalue weighted by Crippen LogP contribution is -2.03. The van der Waals surface area contributed by atoms with Crippen molar-refractivity contribution < 1.29 is 0 Å². The lowest BCUT2D eigenvalue weighted by Gasteiger charge is -2.17. The first kappa shape index (κ1) is 22.3. The van der Waals surface area contributed by atoms with E-state index >= 15 is 0 Å². The molecule has 0 unspecified atom stereocenters. The molecule has 0 aliphatic carbocycles. The molecule has 1 aromatic rings. The standard InChI is InChI=1S/C25H44/c1-5-7-9-11-12-13-14-16-20-25-23(18-15-10-8-6-2)19-17-21-24(25)22(3)4/h17,19,21-22H,5-16,18,20H2,1-4H3. The molecule has 144 valence electrons. The lowest BCUT2D eigenvalue weighted by molar-refractivity contribution is 0.573. The van der Waals surface area contributed by atoms with Gasteiger partial charge in [-0.2, -0.15) is 0 Å². The van der Waals surface area contributed by atoms with Crippen LogP contribution in [0.3, 0.4) is 0 Å². The van der Waals surface area contributed by atoms with Crippen LogP contribution in [0, 0.1) is 0 Å². The predicted octanol–water partition coefficient (Wildman–Crippen LogP) is 8.62. The second-order valence-electron chi connectivity index (χ2n) is 8.18. The summed E-state index contributed by atoms with van der Waals surface area (Å²) >= 11 is 0. The summed E-state index contributed by atoms with van der Waals surface area (Å²) in [6, 6.07) is 7.07. The Labute approximate surface area is 158 Å². The van der Waals surface area contributed by atoms with Gasteiger partial charge in [0.05, 0.1) is 0 Å². The van der Waals surface area contributed by atoms with E-state index in [0.717, 1.165) is 0 Å². The van der Waals surface area contributed by atoms with Crippen molar-refractivity contribution in [3.63, 3.8) is 0 Å². The maximum Gasteiger partial charge on any atom is -0.0216 e. The maximum absolute atomic E-state index is 2.40. The lowest BCUT2D eigenvalue weighted by atomic mass is 9.88. The van der Waals surface area contributed by atoms with Crippen LogP contribution in [0.1, 0.15) is 127 Å². The van der Waals surface area contributed by atoms with Crippen LogP contribution in [0.2, 0.25) is 0 Å². The Morgan fingerprint density at radius 3 is 1.76 bits per heavy atom. The van der Waals surface area contributed by atoms with Crippen LogP contribution in [0.15, 0.2) is 18.2 Å². The van der Waals surface area contributed by atoms with Crippen molar-refractivity contribution in [1.82, 2.24) is 0 Å². The third-order valence-electron chi connectivity index (χ3n) is 5.51. The molecule has 0 nitrogen and oxygen atoms in total. The molecule has 0 amide bonds. The SMILES string of the molecule is CCCCCCCCCCc1c(CCCCCC)cccc1C(C)C. The van der Waals surface area contributed by atoms with Crippen molar-refractivity contribution in [3.8, 4) is 0 Å². The molecule has 0 atom stereocenters. The summed E-state index contributed by atoms with van der Waals surface area (Å²) in [5.74, 6) is 0.652. The van der Waals surface area contributed by atoms with Crippen LogP contribution in [0.5, 0.6) is 0 Å². The number of hydrogen-bond acceptors (Lipinski definition) is 0. The molecule has 0 saturated heterocycles. The maximum atomic E-state index is 2.40. The van der Waals surface area contributed by atoms with Crippen LogP contribution >= 0.6 is 0 Å². The minimum Gasteiger partial charge on any atom is -0.0654 e. The van der Waals surface area contributed by atoms with Gasteiger partial charge < -0.3 is 0 Å². The van der Waals surface area contributed by atoms with Crippen LogP contribution in [-0.4, -0.2) is 0 Å². The Bertz CT molecular complexity index is 430. The third kappa shape index (κ3) is 9.47. The Morgan fingerprint density at radius 1 is 0.640 bits per heavy atom. The van der Waals surface area contributed by atoms with E-state index in [-0.39, 0.29) is 0 Å². The first-order valence-electron chi connectivity index (χ1n) is 11.3. The zero-order valence-corrected chi connectivity index (χ0v) is 17.7. The Kier molecular flexibility index (Phi) is 12.8. The molecule has 0 aliphatic rings. The van der Waals surface area contributed by atoms with E-state index in [1.165, 1.54) is 89.9 Å². The molecule has 0 heterocycles. The zero-order valence-electron chi connectivity index (χ0n) is 17.7. The topological polar surface area (TPSA) is 0 Å². The summed E-state index contributed by atoms with van der Waals surface area (Å²) in [7, 11) is 0. The zero-order chi connectivity index (χ0) is 18.3. The Hall–Kier alpha value is -0.780.